The Morgan fingerprint density at radius 3 is 2.17 bits per heavy atom. The van der Waals surface area contributed by atoms with E-state index in [1.54, 1.807) is 12.1 Å². The molecular weight excluding hydrogens is 403 g/mol. The zero-order valence-electron chi connectivity index (χ0n) is 15.0. The van der Waals surface area contributed by atoms with E-state index >= 15 is 0 Å². The first-order valence-electron chi connectivity index (χ1n) is 8.22. The summed E-state index contributed by atoms with van der Waals surface area (Å²) in [6.07, 6.45) is 0.999. The molecule has 0 aliphatic rings. The number of rotatable bonds is 5. The second-order valence-corrected chi connectivity index (χ2v) is 6.13. The zero-order valence-corrected chi connectivity index (χ0v) is 15.7. The van der Waals surface area contributed by atoms with Crippen LogP contribution in [-0.4, -0.2) is 29.8 Å². The molecule has 8 nitrogen and oxygen atoms in total. The monoisotopic (exact) mass is 416 g/mol. The third-order valence-electron chi connectivity index (χ3n) is 3.79. The highest BCUT2D eigenvalue weighted by Gasteiger charge is 2.22. The van der Waals surface area contributed by atoms with E-state index in [2.05, 4.69) is 20.9 Å². The molecule has 0 saturated heterocycles. The van der Waals surface area contributed by atoms with Crippen LogP contribution in [0.25, 0.3) is 0 Å². The van der Waals surface area contributed by atoms with Crippen LogP contribution < -0.4 is 16.0 Å². The highest BCUT2D eigenvalue weighted by Crippen LogP contribution is 2.20. The molecule has 0 spiro atoms. The van der Waals surface area contributed by atoms with Gasteiger partial charge in [0.2, 0.25) is 5.76 Å². The molecule has 1 aromatic heterocycles. The Morgan fingerprint density at radius 2 is 1.59 bits per heavy atom. The van der Waals surface area contributed by atoms with E-state index in [-0.39, 0.29) is 22.0 Å². The maximum atomic E-state index is 13.1. The molecule has 29 heavy (non-hydrogen) atoms. The normalized spacial score (nSPS) is 10.3. The molecule has 3 aromatic rings. The molecule has 0 fully saturated rings. The molecule has 3 amide bonds. The van der Waals surface area contributed by atoms with Crippen LogP contribution in [0.5, 0.6) is 0 Å². The molecule has 1 heterocycles. The van der Waals surface area contributed by atoms with E-state index in [9.17, 15) is 18.8 Å². The maximum Gasteiger partial charge on any atom is 0.293 e. The van der Waals surface area contributed by atoms with Gasteiger partial charge in [0.1, 0.15) is 5.82 Å². The Bertz CT molecular complexity index is 1080. The number of carbonyl (C=O) groups is 3. The maximum absolute atomic E-state index is 13.1. The first kappa shape index (κ1) is 20.0. The Kier molecular flexibility index (Phi) is 5.89. The number of amides is 3. The summed E-state index contributed by atoms with van der Waals surface area (Å²) >= 11 is 5.88. The summed E-state index contributed by atoms with van der Waals surface area (Å²) in [5.74, 6) is -2.49. The Morgan fingerprint density at radius 1 is 0.966 bits per heavy atom. The van der Waals surface area contributed by atoms with E-state index < -0.39 is 23.5 Å². The van der Waals surface area contributed by atoms with Crippen LogP contribution in [0.4, 0.5) is 15.8 Å². The lowest BCUT2D eigenvalue weighted by Crippen LogP contribution is -2.23. The van der Waals surface area contributed by atoms with Gasteiger partial charge >= 0.3 is 0 Å². The number of oxazole rings is 1. The van der Waals surface area contributed by atoms with Crippen LogP contribution in [-0.2, 0) is 0 Å². The largest absolute Gasteiger partial charge is 0.437 e. The van der Waals surface area contributed by atoms with Crippen LogP contribution in [0, 0.1) is 5.82 Å². The molecule has 10 heteroatoms. The Balaban J connectivity index is 1.67. The second-order valence-electron chi connectivity index (χ2n) is 5.72. The summed E-state index contributed by atoms with van der Waals surface area (Å²) in [6, 6.07) is 9.63. The first-order chi connectivity index (χ1) is 13.9. The standard InChI is InChI=1S/C19H14ClFN4O4/c1-22-18(27)15-16(29-9-23-15)19(28)25-12-5-3-11(4-6-12)24-17(26)13-7-2-10(21)8-14(13)20/h2-9H,1H3,(H,22,27)(H,24,26)(H,25,28). The third-order valence-corrected chi connectivity index (χ3v) is 4.10. The average Bonchev–Trinajstić information content (AvgIpc) is 3.19. The van der Waals surface area contributed by atoms with Gasteiger partial charge in [0.25, 0.3) is 17.7 Å². The number of hydrogen-bond donors (Lipinski definition) is 3. The lowest BCUT2D eigenvalue weighted by molar-refractivity contribution is 0.0935. The van der Waals surface area contributed by atoms with Crippen molar-refractivity contribution >= 4 is 40.7 Å². The molecule has 0 unspecified atom stereocenters. The van der Waals surface area contributed by atoms with Gasteiger partial charge in [-0.05, 0) is 42.5 Å². The highest BCUT2D eigenvalue weighted by molar-refractivity contribution is 6.34. The number of anilines is 2. The molecule has 2 aromatic carbocycles. The van der Waals surface area contributed by atoms with Crippen LogP contribution in [0.15, 0.2) is 53.3 Å². The van der Waals surface area contributed by atoms with Crippen molar-refractivity contribution in [3.63, 3.8) is 0 Å². The van der Waals surface area contributed by atoms with E-state index in [4.69, 9.17) is 16.0 Å². The smallest absolute Gasteiger partial charge is 0.293 e. The fraction of sp³-hybridized carbons (Fsp3) is 0.0526. The Hall–Kier alpha value is -3.72. The van der Waals surface area contributed by atoms with Gasteiger partial charge in [-0.15, -0.1) is 0 Å². The van der Waals surface area contributed by atoms with Gasteiger partial charge < -0.3 is 20.4 Å². The van der Waals surface area contributed by atoms with Crippen molar-refractivity contribution in [1.29, 1.82) is 0 Å². The summed E-state index contributed by atoms with van der Waals surface area (Å²) in [5, 5.41) is 7.53. The summed E-state index contributed by atoms with van der Waals surface area (Å²) in [5.41, 5.74) is 0.814. The van der Waals surface area contributed by atoms with E-state index in [1.165, 1.54) is 25.2 Å². The SMILES string of the molecule is CNC(=O)c1ncoc1C(=O)Nc1ccc(NC(=O)c2ccc(F)cc2Cl)cc1. The van der Waals surface area contributed by atoms with Crippen LogP contribution in [0.1, 0.15) is 31.4 Å². The van der Waals surface area contributed by atoms with Gasteiger partial charge in [-0.1, -0.05) is 11.6 Å². The molecule has 3 N–H and O–H groups in total. The minimum absolute atomic E-state index is 0.00892. The fourth-order valence-corrected chi connectivity index (χ4v) is 2.64. The number of halogens is 2. The molecule has 0 aliphatic heterocycles. The molecule has 0 atom stereocenters. The highest BCUT2D eigenvalue weighted by atomic mass is 35.5. The van der Waals surface area contributed by atoms with Gasteiger partial charge in [-0.25, -0.2) is 9.37 Å². The second kappa shape index (κ2) is 8.53. The summed E-state index contributed by atoms with van der Waals surface area (Å²) < 4.78 is 18.1. The first-order valence-corrected chi connectivity index (χ1v) is 8.60. The quantitative estimate of drug-likeness (QED) is 0.590. The van der Waals surface area contributed by atoms with Crippen molar-refractivity contribution in [2.24, 2.45) is 0 Å². The number of hydrogen-bond acceptors (Lipinski definition) is 5. The topological polar surface area (TPSA) is 113 Å². The van der Waals surface area contributed by atoms with E-state index in [0.29, 0.717) is 11.4 Å². The van der Waals surface area contributed by atoms with Crippen molar-refractivity contribution in [1.82, 2.24) is 10.3 Å². The summed E-state index contributed by atoms with van der Waals surface area (Å²) in [4.78, 5) is 39.9. The van der Waals surface area contributed by atoms with Crippen LogP contribution >= 0.6 is 11.6 Å². The van der Waals surface area contributed by atoms with Crippen molar-refractivity contribution in [2.45, 2.75) is 0 Å². The molecule has 3 rings (SSSR count). The van der Waals surface area contributed by atoms with Crippen LogP contribution in [0.2, 0.25) is 5.02 Å². The Labute approximate surface area is 169 Å². The number of carbonyl (C=O) groups excluding carboxylic acids is 3. The van der Waals surface area contributed by atoms with Gasteiger partial charge in [0, 0.05) is 18.4 Å². The van der Waals surface area contributed by atoms with Gasteiger partial charge in [0.05, 0.1) is 10.6 Å². The third kappa shape index (κ3) is 4.58. The number of aromatic nitrogens is 1. The van der Waals surface area contributed by atoms with Crippen LogP contribution in [0.3, 0.4) is 0 Å². The fourth-order valence-electron chi connectivity index (χ4n) is 2.38. The van der Waals surface area contributed by atoms with Gasteiger partial charge in [-0.3, -0.25) is 14.4 Å². The van der Waals surface area contributed by atoms with Crippen molar-refractivity contribution < 1.29 is 23.2 Å². The van der Waals surface area contributed by atoms with Crippen molar-refractivity contribution in [3.8, 4) is 0 Å². The molecular formula is C19H14ClFN4O4. The van der Waals surface area contributed by atoms with Crippen molar-refractivity contribution in [3.05, 3.63) is 76.7 Å². The number of benzene rings is 2. The molecule has 0 radical (unpaired) electrons. The van der Waals surface area contributed by atoms with Gasteiger partial charge in [0.15, 0.2) is 12.1 Å². The molecule has 0 aliphatic carbocycles. The molecule has 148 valence electrons. The van der Waals surface area contributed by atoms with Gasteiger partial charge in [-0.2, -0.15) is 0 Å². The summed E-state index contributed by atoms with van der Waals surface area (Å²) in [7, 11) is 1.41. The predicted molar refractivity (Wildman–Crippen MR) is 104 cm³/mol. The van der Waals surface area contributed by atoms with E-state index in [0.717, 1.165) is 18.5 Å². The molecule has 0 saturated carbocycles. The number of nitrogens with zero attached hydrogens (tertiary/aromatic N) is 1. The summed E-state index contributed by atoms with van der Waals surface area (Å²) in [6.45, 7) is 0. The van der Waals surface area contributed by atoms with E-state index in [1.807, 2.05) is 0 Å². The minimum atomic E-state index is -0.657. The average molecular weight is 417 g/mol. The lowest BCUT2D eigenvalue weighted by atomic mass is 10.2. The number of nitrogens with one attached hydrogen (secondary N) is 3. The molecule has 0 bridgehead atoms. The van der Waals surface area contributed by atoms with Crippen molar-refractivity contribution in [2.75, 3.05) is 17.7 Å². The predicted octanol–water partition coefficient (Wildman–Crippen LogP) is 3.33. The lowest BCUT2D eigenvalue weighted by Gasteiger charge is -2.08. The minimum Gasteiger partial charge on any atom is -0.437 e. The zero-order chi connectivity index (χ0) is 21.0.